The second-order valence-electron chi connectivity index (χ2n) is 6.05. The summed E-state index contributed by atoms with van der Waals surface area (Å²) in [5.41, 5.74) is 8.04. The molecule has 1 aromatic heterocycles. The van der Waals surface area contributed by atoms with Gasteiger partial charge in [0.25, 0.3) is 0 Å². The first-order valence-electron chi connectivity index (χ1n) is 8.78. The minimum atomic E-state index is 0. The van der Waals surface area contributed by atoms with E-state index in [1.165, 1.54) is 0 Å². The number of halogens is 1. The first-order valence-corrected chi connectivity index (χ1v) is 8.78. The lowest BCUT2D eigenvalue weighted by atomic mass is 10.1. The Balaban J connectivity index is 0.00000280. The zero-order valence-corrected chi connectivity index (χ0v) is 18.3. The minimum Gasteiger partial charge on any atom is -0.493 e. The third kappa shape index (κ3) is 5.48. The van der Waals surface area contributed by atoms with E-state index in [9.17, 15) is 0 Å². The molecule has 0 saturated carbocycles. The molecule has 1 heterocycles. The van der Waals surface area contributed by atoms with E-state index in [2.05, 4.69) is 21.4 Å². The third-order valence-corrected chi connectivity index (χ3v) is 4.32. The second-order valence-corrected chi connectivity index (χ2v) is 6.05. The van der Waals surface area contributed by atoms with Gasteiger partial charge < -0.3 is 20.5 Å². The third-order valence-electron chi connectivity index (χ3n) is 4.32. The molecular formula is C21H25IN4O2. The molecular weight excluding hydrogens is 467 g/mol. The van der Waals surface area contributed by atoms with E-state index < -0.39 is 0 Å². The van der Waals surface area contributed by atoms with E-state index in [1.54, 1.807) is 20.4 Å². The van der Waals surface area contributed by atoms with Gasteiger partial charge in [-0.15, -0.1) is 24.0 Å². The fourth-order valence-electron chi connectivity index (χ4n) is 2.90. The summed E-state index contributed by atoms with van der Waals surface area (Å²) >= 11 is 0. The van der Waals surface area contributed by atoms with Crippen molar-refractivity contribution in [1.29, 1.82) is 0 Å². The van der Waals surface area contributed by atoms with Crippen LogP contribution in [0.1, 0.15) is 11.3 Å². The number of nitrogens with two attached hydrogens (primary N) is 1. The Morgan fingerprint density at radius 2 is 1.86 bits per heavy atom. The van der Waals surface area contributed by atoms with Crippen LogP contribution in [0, 0.1) is 0 Å². The number of aliphatic imine (C=N–C) groups is 1. The normalized spacial score (nSPS) is 11.0. The van der Waals surface area contributed by atoms with Crippen LogP contribution in [0.2, 0.25) is 0 Å². The maximum absolute atomic E-state index is 6.00. The fourth-order valence-corrected chi connectivity index (χ4v) is 2.90. The van der Waals surface area contributed by atoms with Crippen molar-refractivity contribution >= 4 is 40.7 Å². The summed E-state index contributed by atoms with van der Waals surface area (Å²) in [5.74, 6) is 1.85. The van der Waals surface area contributed by atoms with Gasteiger partial charge in [-0.25, -0.2) is 4.99 Å². The lowest BCUT2D eigenvalue weighted by Crippen LogP contribution is -2.33. The summed E-state index contributed by atoms with van der Waals surface area (Å²) in [4.78, 5) is 8.84. The summed E-state index contributed by atoms with van der Waals surface area (Å²) in [6.45, 7) is 1.12. The Kier molecular flexibility index (Phi) is 8.31. The molecule has 3 N–H and O–H groups in total. The number of nitrogens with one attached hydrogen (secondary N) is 1. The van der Waals surface area contributed by atoms with Gasteiger partial charge in [0.2, 0.25) is 0 Å². The van der Waals surface area contributed by atoms with Crippen molar-refractivity contribution < 1.29 is 9.47 Å². The molecule has 0 radical (unpaired) electrons. The van der Waals surface area contributed by atoms with Crippen molar-refractivity contribution in [3.8, 4) is 11.5 Å². The molecule has 2 aromatic carbocycles. The van der Waals surface area contributed by atoms with E-state index in [4.69, 9.17) is 15.2 Å². The van der Waals surface area contributed by atoms with E-state index in [0.29, 0.717) is 19.0 Å². The van der Waals surface area contributed by atoms with Crippen LogP contribution in [0.5, 0.6) is 11.5 Å². The van der Waals surface area contributed by atoms with Crippen molar-refractivity contribution in [3.63, 3.8) is 0 Å². The molecule has 0 spiro atoms. The molecule has 7 heteroatoms. The van der Waals surface area contributed by atoms with Crippen LogP contribution in [-0.2, 0) is 13.0 Å². The molecule has 3 aromatic rings. The summed E-state index contributed by atoms with van der Waals surface area (Å²) in [6, 6.07) is 16.0. The first kappa shape index (κ1) is 21.7. The number of ether oxygens (including phenoxy) is 2. The van der Waals surface area contributed by atoms with Gasteiger partial charge in [0.05, 0.1) is 26.5 Å². The molecule has 148 valence electrons. The number of benzene rings is 2. The summed E-state index contributed by atoms with van der Waals surface area (Å²) in [7, 11) is 3.26. The van der Waals surface area contributed by atoms with Gasteiger partial charge in [-0.2, -0.15) is 0 Å². The van der Waals surface area contributed by atoms with E-state index in [0.717, 1.165) is 39.9 Å². The van der Waals surface area contributed by atoms with Crippen LogP contribution in [0.25, 0.3) is 10.8 Å². The van der Waals surface area contributed by atoms with Gasteiger partial charge in [-0.1, -0.05) is 30.3 Å². The van der Waals surface area contributed by atoms with Crippen molar-refractivity contribution in [1.82, 2.24) is 10.3 Å². The molecule has 0 bridgehead atoms. The van der Waals surface area contributed by atoms with Gasteiger partial charge in [0, 0.05) is 18.1 Å². The van der Waals surface area contributed by atoms with Gasteiger partial charge in [-0.3, -0.25) is 4.98 Å². The monoisotopic (exact) mass is 492 g/mol. The molecule has 0 aliphatic carbocycles. The Hall–Kier alpha value is -2.55. The predicted molar refractivity (Wildman–Crippen MR) is 124 cm³/mol. The highest BCUT2D eigenvalue weighted by Gasteiger charge is 2.05. The standard InChI is InChI=1S/C21H24N4O2.HI/c1-26-19-8-7-15(13-20(19)27-2)9-11-24-21(22)25-14-18-17-6-4-3-5-16(17)10-12-23-18;/h3-8,10,12-13H,9,11,14H2,1-2H3,(H3,22,24,25);1H. The Morgan fingerprint density at radius 3 is 2.64 bits per heavy atom. The molecule has 0 aliphatic heterocycles. The van der Waals surface area contributed by atoms with Gasteiger partial charge >= 0.3 is 0 Å². The number of nitrogens with zero attached hydrogens (tertiary/aromatic N) is 2. The average Bonchev–Trinajstić information content (AvgIpc) is 2.72. The maximum Gasteiger partial charge on any atom is 0.188 e. The highest BCUT2D eigenvalue weighted by Crippen LogP contribution is 2.27. The summed E-state index contributed by atoms with van der Waals surface area (Å²) < 4.78 is 10.6. The number of rotatable bonds is 7. The minimum absolute atomic E-state index is 0. The molecule has 28 heavy (non-hydrogen) atoms. The van der Waals surface area contributed by atoms with Crippen molar-refractivity contribution in [2.24, 2.45) is 10.7 Å². The zero-order chi connectivity index (χ0) is 19.1. The topological polar surface area (TPSA) is 81.8 Å². The molecule has 0 unspecified atom stereocenters. The number of guanidine groups is 1. The zero-order valence-electron chi connectivity index (χ0n) is 16.0. The van der Waals surface area contributed by atoms with Gasteiger partial charge in [-0.05, 0) is 35.6 Å². The lowest BCUT2D eigenvalue weighted by molar-refractivity contribution is 0.354. The molecule has 0 amide bonds. The van der Waals surface area contributed by atoms with Crippen molar-refractivity contribution in [2.75, 3.05) is 20.8 Å². The van der Waals surface area contributed by atoms with E-state index >= 15 is 0 Å². The number of aromatic nitrogens is 1. The smallest absolute Gasteiger partial charge is 0.188 e. The molecule has 0 fully saturated rings. The molecule has 0 atom stereocenters. The van der Waals surface area contributed by atoms with E-state index in [-0.39, 0.29) is 24.0 Å². The Labute approximate surface area is 182 Å². The van der Waals surface area contributed by atoms with Crippen LogP contribution in [0.15, 0.2) is 59.7 Å². The predicted octanol–water partition coefficient (Wildman–Crippen LogP) is 3.52. The quantitative estimate of drug-likeness (QED) is 0.300. The van der Waals surface area contributed by atoms with Gasteiger partial charge in [0.1, 0.15) is 0 Å². The summed E-state index contributed by atoms with van der Waals surface area (Å²) in [5, 5.41) is 5.39. The first-order chi connectivity index (χ1) is 13.2. The van der Waals surface area contributed by atoms with Crippen LogP contribution in [0.3, 0.4) is 0 Å². The largest absolute Gasteiger partial charge is 0.493 e. The number of hydrogen-bond acceptors (Lipinski definition) is 4. The summed E-state index contributed by atoms with van der Waals surface area (Å²) in [6.07, 6.45) is 2.59. The van der Waals surface area contributed by atoms with Crippen molar-refractivity contribution in [3.05, 3.63) is 66.0 Å². The SMILES string of the molecule is COc1ccc(CCNC(N)=NCc2nccc3ccccc23)cc1OC.I. The average molecular weight is 492 g/mol. The van der Waals surface area contributed by atoms with Crippen molar-refractivity contribution in [2.45, 2.75) is 13.0 Å². The van der Waals surface area contributed by atoms with Crippen LogP contribution < -0.4 is 20.5 Å². The Morgan fingerprint density at radius 1 is 1.07 bits per heavy atom. The highest BCUT2D eigenvalue weighted by molar-refractivity contribution is 14.0. The maximum atomic E-state index is 6.00. The molecule has 0 saturated heterocycles. The van der Waals surface area contributed by atoms with E-state index in [1.807, 2.05) is 42.5 Å². The number of methoxy groups -OCH3 is 2. The highest BCUT2D eigenvalue weighted by atomic mass is 127. The number of hydrogen-bond donors (Lipinski definition) is 2. The Bertz CT molecular complexity index is 941. The second kappa shape index (κ2) is 10.7. The number of pyridine rings is 1. The molecule has 6 nitrogen and oxygen atoms in total. The fraction of sp³-hybridized carbons (Fsp3) is 0.238. The van der Waals surface area contributed by atoms with Gasteiger partial charge in [0.15, 0.2) is 17.5 Å². The number of fused-ring (bicyclic) bond motifs is 1. The molecule has 3 rings (SSSR count). The van der Waals surface area contributed by atoms with Crippen LogP contribution in [0.4, 0.5) is 0 Å². The van der Waals surface area contributed by atoms with Crippen LogP contribution >= 0.6 is 24.0 Å². The van der Waals surface area contributed by atoms with Crippen LogP contribution in [-0.4, -0.2) is 31.7 Å². The molecule has 0 aliphatic rings. The lowest BCUT2D eigenvalue weighted by Gasteiger charge is -2.10.